The van der Waals surface area contributed by atoms with Gasteiger partial charge in [-0.3, -0.25) is 14.5 Å². The maximum Gasteiger partial charge on any atom is 0.251 e. The number of methoxy groups -OCH3 is 1. The summed E-state index contributed by atoms with van der Waals surface area (Å²) in [4.78, 5) is 27.3. The van der Waals surface area contributed by atoms with Gasteiger partial charge in [-0.15, -0.1) is 0 Å². The molecular weight excluding hydrogens is 500 g/mol. The van der Waals surface area contributed by atoms with Gasteiger partial charge in [0.1, 0.15) is 5.75 Å². The monoisotopic (exact) mass is 534 g/mol. The summed E-state index contributed by atoms with van der Waals surface area (Å²) in [6.45, 7) is 2.60. The molecule has 1 heterocycles. The number of benzene rings is 3. The Hall–Kier alpha value is -3.39. The molecule has 0 saturated carbocycles. The van der Waals surface area contributed by atoms with Crippen LogP contribution in [0.5, 0.6) is 5.75 Å². The number of hydrogen-bond acceptors (Lipinski definition) is 5. The largest absolute Gasteiger partial charge is 0.497 e. The summed E-state index contributed by atoms with van der Waals surface area (Å²) in [6, 6.07) is 23.2. The number of carbonyl (C=O) groups is 2. The zero-order valence-corrected chi connectivity index (χ0v) is 22.6. The maximum atomic E-state index is 13.3. The molecule has 200 valence electrons. The van der Waals surface area contributed by atoms with E-state index in [9.17, 15) is 9.59 Å². The van der Waals surface area contributed by atoms with E-state index < -0.39 is 0 Å². The molecule has 38 heavy (non-hydrogen) atoms. The van der Waals surface area contributed by atoms with E-state index in [4.69, 9.17) is 16.3 Å². The first-order chi connectivity index (χ1) is 18.5. The molecule has 1 aliphatic heterocycles. The molecule has 1 fully saturated rings. The molecule has 1 saturated heterocycles. The molecule has 8 heteroatoms. The van der Waals surface area contributed by atoms with Crippen molar-refractivity contribution in [3.05, 3.63) is 100 Å². The average molecular weight is 535 g/mol. The van der Waals surface area contributed by atoms with Crippen LogP contribution in [0.2, 0.25) is 5.02 Å². The fraction of sp³-hybridized carbons (Fsp3) is 0.333. The minimum Gasteiger partial charge on any atom is -0.497 e. The summed E-state index contributed by atoms with van der Waals surface area (Å²) in [5.41, 5.74) is 3.86. The molecule has 1 aliphatic rings. The molecule has 4 rings (SSSR count). The number of hydrogen-bond donors (Lipinski definition) is 3. The topological polar surface area (TPSA) is 82.7 Å². The van der Waals surface area contributed by atoms with Gasteiger partial charge in [0, 0.05) is 49.9 Å². The highest BCUT2D eigenvalue weighted by Gasteiger charge is 2.36. The Morgan fingerprint density at radius 3 is 2.39 bits per heavy atom. The van der Waals surface area contributed by atoms with Crippen molar-refractivity contribution in [2.24, 2.45) is 0 Å². The van der Waals surface area contributed by atoms with Crippen molar-refractivity contribution in [1.82, 2.24) is 20.9 Å². The second-order valence-electron chi connectivity index (χ2n) is 9.52. The van der Waals surface area contributed by atoms with Gasteiger partial charge < -0.3 is 20.7 Å². The number of halogens is 1. The molecule has 0 radical (unpaired) electrons. The summed E-state index contributed by atoms with van der Waals surface area (Å²) in [7, 11) is 3.27. The molecule has 3 N–H and O–H groups in total. The number of carbonyl (C=O) groups excluding carboxylic acids is 2. The third-order valence-corrected chi connectivity index (χ3v) is 7.32. The van der Waals surface area contributed by atoms with Crippen LogP contribution in [-0.2, 0) is 24.3 Å². The summed E-state index contributed by atoms with van der Waals surface area (Å²) in [5, 5.41) is 10.1. The van der Waals surface area contributed by atoms with Gasteiger partial charge in [-0.25, -0.2) is 0 Å². The average Bonchev–Trinajstić information content (AvgIpc) is 3.36. The van der Waals surface area contributed by atoms with E-state index >= 15 is 0 Å². The van der Waals surface area contributed by atoms with Gasteiger partial charge in [0.2, 0.25) is 5.91 Å². The number of nitrogens with zero attached hydrogens (tertiary/aromatic N) is 1. The van der Waals surface area contributed by atoms with Gasteiger partial charge in [-0.2, -0.15) is 0 Å². The summed E-state index contributed by atoms with van der Waals surface area (Å²) in [6.07, 6.45) is 1.41. The lowest BCUT2D eigenvalue weighted by Crippen LogP contribution is -2.43. The standard InChI is InChI=1S/C30H35ClN4O3/c1-32-29(36)23-11-7-21(8-12-23)15-16-33-30(37)28-17-25(34-18-22-9-13-26(38-2)14-10-22)20-35(28)19-24-5-3-4-6-27(24)31/h3-14,25,28,34H,15-20H2,1-2H3,(H,32,36)(H,33,37)/t25-,28-/m0/s1. The third kappa shape index (κ3) is 7.34. The predicted octanol–water partition coefficient (Wildman–Crippen LogP) is 3.80. The zero-order valence-electron chi connectivity index (χ0n) is 21.9. The van der Waals surface area contributed by atoms with Crippen LogP contribution < -0.4 is 20.7 Å². The van der Waals surface area contributed by atoms with Crippen molar-refractivity contribution in [1.29, 1.82) is 0 Å². The Kier molecular flexibility index (Phi) is 9.76. The van der Waals surface area contributed by atoms with Crippen molar-refractivity contribution in [2.75, 3.05) is 27.2 Å². The van der Waals surface area contributed by atoms with Crippen molar-refractivity contribution < 1.29 is 14.3 Å². The zero-order chi connectivity index (χ0) is 26.9. The fourth-order valence-corrected chi connectivity index (χ4v) is 4.96. The first kappa shape index (κ1) is 27.6. The Morgan fingerprint density at radius 1 is 1.00 bits per heavy atom. The van der Waals surface area contributed by atoms with E-state index in [1.54, 1.807) is 26.3 Å². The van der Waals surface area contributed by atoms with Crippen LogP contribution in [0, 0.1) is 0 Å². The molecule has 0 unspecified atom stereocenters. The maximum absolute atomic E-state index is 13.3. The van der Waals surface area contributed by atoms with Crippen LogP contribution in [-0.4, -0.2) is 56.0 Å². The van der Waals surface area contributed by atoms with Crippen molar-refractivity contribution >= 4 is 23.4 Å². The van der Waals surface area contributed by atoms with Gasteiger partial charge in [0.25, 0.3) is 5.91 Å². The van der Waals surface area contributed by atoms with E-state index in [2.05, 4.69) is 20.9 Å². The Bertz CT molecular complexity index is 1220. The number of likely N-dealkylation sites (tertiary alicyclic amines) is 1. The fourth-order valence-electron chi connectivity index (χ4n) is 4.76. The summed E-state index contributed by atoms with van der Waals surface area (Å²) in [5.74, 6) is 0.743. The molecule has 0 aromatic heterocycles. The second kappa shape index (κ2) is 13.4. The Labute approximate surface area is 229 Å². The smallest absolute Gasteiger partial charge is 0.251 e. The number of amides is 2. The lowest BCUT2D eigenvalue weighted by atomic mass is 10.1. The van der Waals surface area contributed by atoms with E-state index in [0.717, 1.165) is 30.0 Å². The molecular formula is C30H35ClN4O3. The number of nitrogens with one attached hydrogen (secondary N) is 3. The van der Waals surface area contributed by atoms with Gasteiger partial charge in [0.15, 0.2) is 0 Å². The van der Waals surface area contributed by atoms with Crippen LogP contribution >= 0.6 is 11.6 Å². The van der Waals surface area contributed by atoms with Gasteiger partial charge in [-0.1, -0.05) is 54.1 Å². The highest BCUT2D eigenvalue weighted by molar-refractivity contribution is 6.31. The van der Waals surface area contributed by atoms with E-state index in [1.165, 1.54) is 5.56 Å². The lowest BCUT2D eigenvalue weighted by Gasteiger charge is -2.24. The van der Waals surface area contributed by atoms with Gasteiger partial charge in [-0.05, 0) is 59.9 Å². The highest BCUT2D eigenvalue weighted by atomic mass is 35.5. The lowest BCUT2D eigenvalue weighted by molar-refractivity contribution is -0.125. The van der Waals surface area contributed by atoms with E-state index in [-0.39, 0.29) is 23.9 Å². The van der Waals surface area contributed by atoms with E-state index in [1.807, 2.05) is 60.7 Å². The molecule has 0 aliphatic carbocycles. The second-order valence-corrected chi connectivity index (χ2v) is 9.92. The van der Waals surface area contributed by atoms with Crippen molar-refractivity contribution in [2.45, 2.75) is 38.0 Å². The van der Waals surface area contributed by atoms with Crippen LogP contribution in [0.25, 0.3) is 0 Å². The first-order valence-corrected chi connectivity index (χ1v) is 13.3. The van der Waals surface area contributed by atoms with Crippen LogP contribution in [0.1, 0.15) is 33.5 Å². The predicted molar refractivity (Wildman–Crippen MR) is 150 cm³/mol. The number of rotatable bonds is 11. The third-order valence-electron chi connectivity index (χ3n) is 6.95. The Morgan fingerprint density at radius 2 is 1.71 bits per heavy atom. The molecule has 3 aromatic rings. The minimum atomic E-state index is -0.254. The SMILES string of the molecule is CNC(=O)c1ccc(CCNC(=O)[C@@H]2C[C@H](NCc3ccc(OC)cc3)CN2Cc2ccccc2Cl)cc1. The normalized spacial score (nSPS) is 17.2. The molecule has 3 aromatic carbocycles. The molecule has 2 amide bonds. The van der Waals surface area contributed by atoms with Crippen LogP contribution in [0.3, 0.4) is 0 Å². The van der Waals surface area contributed by atoms with Gasteiger partial charge in [0.05, 0.1) is 13.2 Å². The first-order valence-electron chi connectivity index (χ1n) is 12.9. The molecule has 2 atom stereocenters. The summed E-state index contributed by atoms with van der Waals surface area (Å²) >= 11 is 6.45. The molecule has 0 bridgehead atoms. The minimum absolute atomic E-state index is 0.0211. The van der Waals surface area contributed by atoms with Crippen molar-refractivity contribution in [3.8, 4) is 5.75 Å². The van der Waals surface area contributed by atoms with Crippen LogP contribution in [0.15, 0.2) is 72.8 Å². The van der Waals surface area contributed by atoms with Crippen molar-refractivity contribution in [3.63, 3.8) is 0 Å². The Balaban J connectivity index is 1.36. The quantitative estimate of drug-likeness (QED) is 0.348. The number of ether oxygens (including phenoxy) is 1. The molecule has 7 nitrogen and oxygen atoms in total. The molecule has 0 spiro atoms. The van der Waals surface area contributed by atoms with E-state index in [0.29, 0.717) is 36.5 Å². The van der Waals surface area contributed by atoms with Crippen LogP contribution in [0.4, 0.5) is 0 Å². The highest BCUT2D eigenvalue weighted by Crippen LogP contribution is 2.25. The van der Waals surface area contributed by atoms with Gasteiger partial charge >= 0.3 is 0 Å². The summed E-state index contributed by atoms with van der Waals surface area (Å²) < 4.78 is 5.25.